The van der Waals surface area contributed by atoms with Gasteiger partial charge in [0.2, 0.25) is 0 Å². The molecule has 1 aromatic carbocycles. The molecule has 0 unspecified atom stereocenters. The topological polar surface area (TPSA) is 38.1 Å². The Morgan fingerprint density at radius 2 is 1.80 bits per heavy atom. The highest BCUT2D eigenvalue weighted by molar-refractivity contribution is 5.85. The van der Waals surface area contributed by atoms with Gasteiger partial charge in [0.05, 0.1) is 0 Å². The molecule has 3 rings (SSSR count). The maximum atomic E-state index is 12.3. The molecule has 0 spiro atoms. The van der Waals surface area contributed by atoms with Crippen molar-refractivity contribution in [1.29, 1.82) is 0 Å². The lowest BCUT2D eigenvalue weighted by atomic mass is 10.1. The van der Waals surface area contributed by atoms with E-state index in [0.29, 0.717) is 6.54 Å². The SMILES string of the molecule is Cc1cc(C)c2ccc(=O)n(CCN(C)Cc3ccccc3)c2n1.Cl. The second-order valence-electron chi connectivity index (χ2n) is 6.36. The monoisotopic (exact) mass is 357 g/mol. The summed E-state index contributed by atoms with van der Waals surface area (Å²) in [6.07, 6.45) is 0. The van der Waals surface area contributed by atoms with E-state index in [0.717, 1.165) is 35.4 Å². The van der Waals surface area contributed by atoms with Crippen LogP contribution in [-0.2, 0) is 13.1 Å². The number of halogens is 1. The van der Waals surface area contributed by atoms with Crippen molar-refractivity contribution in [1.82, 2.24) is 14.5 Å². The fraction of sp³-hybridized carbons (Fsp3) is 0.300. The molecular formula is C20H24ClN3O. The Hall–Kier alpha value is -2.17. The van der Waals surface area contributed by atoms with E-state index in [1.165, 1.54) is 5.56 Å². The number of nitrogens with zero attached hydrogens (tertiary/aromatic N) is 3. The molecule has 25 heavy (non-hydrogen) atoms. The molecule has 4 nitrogen and oxygen atoms in total. The minimum absolute atomic E-state index is 0. The second kappa shape index (κ2) is 8.28. The first-order valence-corrected chi connectivity index (χ1v) is 8.25. The fourth-order valence-corrected chi connectivity index (χ4v) is 3.05. The second-order valence-corrected chi connectivity index (χ2v) is 6.36. The normalized spacial score (nSPS) is 10.9. The van der Waals surface area contributed by atoms with E-state index in [1.807, 2.05) is 31.2 Å². The third-order valence-electron chi connectivity index (χ3n) is 4.29. The van der Waals surface area contributed by atoms with Gasteiger partial charge in [0, 0.05) is 36.8 Å². The van der Waals surface area contributed by atoms with Gasteiger partial charge in [-0.05, 0) is 44.2 Å². The van der Waals surface area contributed by atoms with Gasteiger partial charge < -0.3 is 4.90 Å². The zero-order valence-electron chi connectivity index (χ0n) is 14.9. The molecule has 0 saturated heterocycles. The van der Waals surface area contributed by atoms with Crippen molar-refractivity contribution < 1.29 is 0 Å². The van der Waals surface area contributed by atoms with Crippen LogP contribution in [0.15, 0.2) is 53.3 Å². The molecule has 0 bridgehead atoms. The standard InChI is InChI=1S/C20H23N3O.ClH/c1-15-13-16(2)21-20-18(15)9-10-19(24)23(20)12-11-22(3)14-17-7-5-4-6-8-17;/h4-10,13H,11-12,14H2,1-3H3;1H. The van der Waals surface area contributed by atoms with Crippen LogP contribution in [0.2, 0.25) is 0 Å². The maximum Gasteiger partial charge on any atom is 0.252 e. The Labute approximate surface area is 154 Å². The van der Waals surface area contributed by atoms with Crippen LogP contribution in [0.3, 0.4) is 0 Å². The quantitative estimate of drug-likeness (QED) is 0.700. The van der Waals surface area contributed by atoms with Gasteiger partial charge in [0.1, 0.15) is 5.65 Å². The van der Waals surface area contributed by atoms with Crippen LogP contribution in [0.4, 0.5) is 0 Å². The molecule has 0 saturated carbocycles. The third-order valence-corrected chi connectivity index (χ3v) is 4.29. The summed E-state index contributed by atoms with van der Waals surface area (Å²) in [4.78, 5) is 19.2. The van der Waals surface area contributed by atoms with Crippen LogP contribution in [0.5, 0.6) is 0 Å². The van der Waals surface area contributed by atoms with E-state index >= 15 is 0 Å². The number of fused-ring (bicyclic) bond motifs is 1. The number of aryl methyl sites for hydroxylation is 2. The molecule has 3 aromatic rings. The van der Waals surface area contributed by atoms with E-state index in [1.54, 1.807) is 10.6 Å². The van der Waals surface area contributed by atoms with Gasteiger partial charge in [-0.3, -0.25) is 9.36 Å². The van der Waals surface area contributed by atoms with Crippen LogP contribution in [0, 0.1) is 13.8 Å². The summed E-state index contributed by atoms with van der Waals surface area (Å²) < 4.78 is 1.79. The minimum atomic E-state index is 0. The van der Waals surface area contributed by atoms with Crippen LogP contribution < -0.4 is 5.56 Å². The molecular weight excluding hydrogens is 334 g/mol. The lowest BCUT2D eigenvalue weighted by molar-refractivity contribution is 0.311. The Kier molecular flexibility index (Phi) is 6.34. The fourth-order valence-electron chi connectivity index (χ4n) is 3.05. The highest BCUT2D eigenvalue weighted by Gasteiger charge is 2.09. The van der Waals surface area contributed by atoms with Crippen LogP contribution in [0.1, 0.15) is 16.8 Å². The molecule has 0 aliphatic carbocycles. The summed E-state index contributed by atoms with van der Waals surface area (Å²) in [6, 6.07) is 15.9. The van der Waals surface area contributed by atoms with E-state index in [4.69, 9.17) is 0 Å². The van der Waals surface area contributed by atoms with Crippen molar-refractivity contribution in [3.8, 4) is 0 Å². The maximum absolute atomic E-state index is 12.3. The molecule has 0 radical (unpaired) electrons. The van der Waals surface area contributed by atoms with Crippen LogP contribution in [-0.4, -0.2) is 28.0 Å². The first kappa shape index (κ1) is 19.2. The number of hydrogen-bond acceptors (Lipinski definition) is 3. The van der Waals surface area contributed by atoms with Crippen molar-refractivity contribution in [2.45, 2.75) is 26.9 Å². The zero-order chi connectivity index (χ0) is 17.1. The van der Waals surface area contributed by atoms with Gasteiger partial charge >= 0.3 is 0 Å². The Bertz CT molecular complexity index is 906. The molecule has 132 valence electrons. The van der Waals surface area contributed by atoms with Crippen molar-refractivity contribution in [2.24, 2.45) is 0 Å². The molecule has 0 N–H and O–H groups in total. The van der Waals surface area contributed by atoms with Crippen molar-refractivity contribution in [3.05, 3.63) is 75.7 Å². The van der Waals surface area contributed by atoms with Crippen molar-refractivity contribution in [2.75, 3.05) is 13.6 Å². The molecule has 0 amide bonds. The van der Waals surface area contributed by atoms with Gasteiger partial charge in [-0.2, -0.15) is 0 Å². The number of likely N-dealkylation sites (N-methyl/N-ethyl adjacent to an activating group) is 1. The van der Waals surface area contributed by atoms with Gasteiger partial charge in [-0.1, -0.05) is 30.3 Å². The van der Waals surface area contributed by atoms with Crippen molar-refractivity contribution >= 4 is 23.4 Å². The average molecular weight is 358 g/mol. The van der Waals surface area contributed by atoms with E-state index in [-0.39, 0.29) is 18.0 Å². The third kappa shape index (κ3) is 4.47. The lowest BCUT2D eigenvalue weighted by Gasteiger charge is -2.18. The van der Waals surface area contributed by atoms with E-state index in [2.05, 4.69) is 42.1 Å². The molecule has 2 heterocycles. The highest BCUT2D eigenvalue weighted by Crippen LogP contribution is 2.16. The summed E-state index contributed by atoms with van der Waals surface area (Å²) in [7, 11) is 2.08. The van der Waals surface area contributed by atoms with Gasteiger partial charge in [-0.25, -0.2) is 4.98 Å². The first-order chi connectivity index (χ1) is 11.5. The summed E-state index contributed by atoms with van der Waals surface area (Å²) >= 11 is 0. The number of rotatable bonds is 5. The predicted molar refractivity (Wildman–Crippen MR) is 106 cm³/mol. The van der Waals surface area contributed by atoms with Gasteiger partial charge in [-0.15, -0.1) is 12.4 Å². The van der Waals surface area contributed by atoms with Crippen molar-refractivity contribution in [3.63, 3.8) is 0 Å². The van der Waals surface area contributed by atoms with Gasteiger partial charge in [0.15, 0.2) is 0 Å². The summed E-state index contributed by atoms with van der Waals surface area (Å²) in [5.74, 6) is 0. The molecule has 0 aliphatic rings. The minimum Gasteiger partial charge on any atom is -0.300 e. The number of aromatic nitrogens is 2. The summed E-state index contributed by atoms with van der Waals surface area (Å²) in [5.41, 5.74) is 4.16. The molecule has 0 fully saturated rings. The van der Waals surface area contributed by atoms with Crippen LogP contribution in [0.25, 0.3) is 11.0 Å². The largest absolute Gasteiger partial charge is 0.300 e. The highest BCUT2D eigenvalue weighted by atomic mass is 35.5. The first-order valence-electron chi connectivity index (χ1n) is 8.25. The molecule has 0 aliphatic heterocycles. The Morgan fingerprint density at radius 1 is 1.08 bits per heavy atom. The Morgan fingerprint density at radius 3 is 2.52 bits per heavy atom. The number of benzene rings is 1. The van der Waals surface area contributed by atoms with Crippen LogP contribution >= 0.6 is 12.4 Å². The number of hydrogen-bond donors (Lipinski definition) is 0. The molecule has 5 heteroatoms. The average Bonchev–Trinajstić information content (AvgIpc) is 2.54. The zero-order valence-corrected chi connectivity index (χ0v) is 15.7. The number of pyridine rings is 2. The summed E-state index contributed by atoms with van der Waals surface area (Å²) in [5, 5.41) is 1.05. The van der Waals surface area contributed by atoms with E-state index < -0.39 is 0 Å². The van der Waals surface area contributed by atoms with Gasteiger partial charge in [0.25, 0.3) is 5.56 Å². The van der Waals surface area contributed by atoms with E-state index in [9.17, 15) is 4.79 Å². The smallest absolute Gasteiger partial charge is 0.252 e. The predicted octanol–water partition coefficient (Wildman–Crippen LogP) is 3.57. The Balaban J connectivity index is 0.00000225. The molecule has 0 atom stereocenters. The lowest BCUT2D eigenvalue weighted by Crippen LogP contribution is -2.28. The summed E-state index contributed by atoms with van der Waals surface area (Å²) in [6.45, 7) is 6.33. The molecule has 2 aromatic heterocycles.